The van der Waals surface area contributed by atoms with Gasteiger partial charge in [0.25, 0.3) is 5.91 Å². The lowest BCUT2D eigenvalue weighted by Crippen LogP contribution is -2.17. The van der Waals surface area contributed by atoms with Crippen LogP contribution in [0.2, 0.25) is 0 Å². The Labute approximate surface area is 192 Å². The van der Waals surface area contributed by atoms with Crippen molar-refractivity contribution in [3.8, 4) is 23.0 Å². The Hall–Kier alpha value is -3.88. The van der Waals surface area contributed by atoms with Crippen LogP contribution in [0, 0.1) is 0 Å². The first-order chi connectivity index (χ1) is 15.8. The maximum absolute atomic E-state index is 12.2. The number of hydrogen-bond acceptors (Lipinski definition) is 8. The largest absolute Gasteiger partial charge is 0.508 e. The van der Waals surface area contributed by atoms with E-state index in [0.29, 0.717) is 12.8 Å². The molecule has 0 aliphatic carbocycles. The molecular formula is C24H28N2O7. The Morgan fingerprint density at radius 3 is 2.12 bits per heavy atom. The van der Waals surface area contributed by atoms with Crippen molar-refractivity contribution in [1.82, 2.24) is 5.43 Å². The molecule has 0 unspecified atom stereocenters. The van der Waals surface area contributed by atoms with Crippen LogP contribution in [0.1, 0.15) is 68.3 Å². The minimum absolute atomic E-state index is 0.0236. The highest BCUT2D eigenvalue weighted by Gasteiger charge is 2.19. The number of hydrogen-bond donors (Lipinski definition) is 3. The Bertz CT molecular complexity index is 1000. The molecule has 0 aromatic heterocycles. The maximum Gasteiger partial charge on any atom is 0.311 e. The van der Waals surface area contributed by atoms with Gasteiger partial charge in [-0.3, -0.25) is 14.4 Å². The third-order valence-corrected chi connectivity index (χ3v) is 4.53. The maximum atomic E-state index is 12.2. The highest BCUT2D eigenvalue weighted by molar-refractivity contribution is 5.95. The van der Waals surface area contributed by atoms with E-state index in [1.807, 2.05) is 13.8 Å². The van der Waals surface area contributed by atoms with Gasteiger partial charge in [-0.05, 0) is 49.2 Å². The Kier molecular flexibility index (Phi) is 9.88. The molecule has 0 spiro atoms. The third-order valence-electron chi connectivity index (χ3n) is 4.53. The fourth-order valence-corrected chi connectivity index (χ4v) is 2.68. The van der Waals surface area contributed by atoms with Crippen molar-refractivity contribution in [1.29, 1.82) is 0 Å². The lowest BCUT2D eigenvalue weighted by Gasteiger charge is -2.13. The molecule has 0 radical (unpaired) electrons. The first kappa shape index (κ1) is 25.4. The average Bonchev–Trinajstić information content (AvgIpc) is 2.80. The summed E-state index contributed by atoms with van der Waals surface area (Å²) in [5, 5.41) is 23.8. The van der Waals surface area contributed by atoms with E-state index >= 15 is 0 Å². The van der Waals surface area contributed by atoms with E-state index < -0.39 is 23.6 Å². The minimum atomic E-state index is -0.565. The minimum Gasteiger partial charge on any atom is -0.508 e. The van der Waals surface area contributed by atoms with Crippen LogP contribution in [0.25, 0.3) is 0 Å². The summed E-state index contributed by atoms with van der Waals surface area (Å²) in [5.41, 5.74) is 2.78. The van der Waals surface area contributed by atoms with Crippen LogP contribution in [-0.4, -0.2) is 34.3 Å². The fraction of sp³-hybridized carbons (Fsp3) is 0.333. The van der Waals surface area contributed by atoms with E-state index in [2.05, 4.69) is 10.5 Å². The molecule has 9 heteroatoms. The van der Waals surface area contributed by atoms with E-state index in [-0.39, 0.29) is 41.2 Å². The molecule has 0 atom stereocenters. The Morgan fingerprint density at radius 1 is 0.909 bits per heavy atom. The Morgan fingerprint density at radius 2 is 1.52 bits per heavy atom. The molecule has 0 aliphatic heterocycles. The summed E-state index contributed by atoms with van der Waals surface area (Å²) in [6, 6.07) is 8.38. The van der Waals surface area contributed by atoms with Gasteiger partial charge < -0.3 is 19.7 Å². The number of ether oxygens (including phenoxy) is 2. The topological polar surface area (TPSA) is 135 Å². The highest BCUT2D eigenvalue weighted by atomic mass is 16.6. The molecular weight excluding hydrogens is 428 g/mol. The number of amides is 1. The predicted octanol–water partition coefficient (Wildman–Crippen LogP) is 4.05. The lowest BCUT2D eigenvalue weighted by molar-refractivity contribution is -0.134. The molecule has 1 amide bonds. The lowest BCUT2D eigenvalue weighted by atomic mass is 10.1. The molecule has 0 heterocycles. The summed E-state index contributed by atoms with van der Waals surface area (Å²) in [4.78, 5) is 36.3. The van der Waals surface area contributed by atoms with Gasteiger partial charge in [0.15, 0.2) is 11.5 Å². The monoisotopic (exact) mass is 456 g/mol. The van der Waals surface area contributed by atoms with E-state index in [9.17, 15) is 24.6 Å². The number of carbonyl (C=O) groups excluding carboxylic acids is 3. The fourth-order valence-electron chi connectivity index (χ4n) is 2.68. The smallest absolute Gasteiger partial charge is 0.311 e. The van der Waals surface area contributed by atoms with Crippen molar-refractivity contribution in [2.24, 2.45) is 5.10 Å². The van der Waals surface area contributed by atoms with E-state index in [1.165, 1.54) is 42.6 Å². The first-order valence-corrected chi connectivity index (χ1v) is 10.7. The molecule has 2 aromatic carbocycles. The van der Waals surface area contributed by atoms with Crippen LogP contribution >= 0.6 is 0 Å². The number of unbranched alkanes of at least 4 members (excludes halogenated alkanes) is 2. The van der Waals surface area contributed by atoms with Crippen LogP contribution in [-0.2, 0) is 9.59 Å². The second-order valence-electron chi connectivity index (χ2n) is 7.23. The van der Waals surface area contributed by atoms with Crippen molar-refractivity contribution in [2.75, 3.05) is 0 Å². The van der Waals surface area contributed by atoms with Gasteiger partial charge in [-0.1, -0.05) is 26.7 Å². The number of nitrogens with one attached hydrogen (secondary N) is 1. The van der Waals surface area contributed by atoms with Crippen molar-refractivity contribution < 1.29 is 34.1 Å². The zero-order valence-electron chi connectivity index (χ0n) is 18.7. The van der Waals surface area contributed by atoms with Crippen LogP contribution in [0.5, 0.6) is 23.0 Å². The van der Waals surface area contributed by atoms with Gasteiger partial charge >= 0.3 is 11.9 Å². The van der Waals surface area contributed by atoms with Gasteiger partial charge in [-0.15, -0.1) is 0 Å². The third kappa shape index (κ3) is 7.95. The quantitative estimate of drug-likeness (QED) is 0.201. The summed E-state index contributed by atoms with van der Waals surface area (Å²) < 4.78 is 10.5. The zero-order chi connectivity index (χ0) is 24.2. The average molecular weight is 456 g/mol. The number of phenolic OH excluding ortho intramolecular Hbond substituents is 2. The van der Waals surface area contributed by atoms with Gasteiger partial charge in [0.2, 0.25) is 5.75 Å². The molecule has 33 heavy (non-hydrogen) atoms. The standard InChI is InChI=1S/C24H28N2O7/c1-3-5-7-20(28)32-19-14-11-17(23(22(19)30)33-21(29)8-6-4-2)15-25-26-24(31)16-9-12-18(27)13-10-16/h9-15,27,30H,3-8H2,1-2H3,(H,26,31)/b25-15+. The van der Waals surface area contributed by atoms with Gasteiger partial charge in [0.05, 0.1) is 6.21 Å². The SMILES string of the molecule is CCCCC(=O)Oc1ccc(/C=N/NC(=O)c2ccc(O)cc2)c(OC(=O)CCCC)c1O. The zero-order valence-corrected chi connectivity index (χ0v) is 18.7. The molecule has 3 N–H and O–H groups in total. The van der Waals surface area contributed by atoms with Crippen molar-refractivity contribution in [3.63, 3.8) is 0 Å². The van der Waals surface area contributed by atoms with E-state index in [1.54, 1.807) is 0 Å². The predicted molar refractivity (Wildman–Crippen MR) is 122 cm³/mol. The van der Waals surface area contributed by atoms with Gasteiger partial charge in [0.1, 0.15) is 5.75 Å². The summed E-state index contributed by atoms with van der Waals surface area (Å²) in [5.74, 6) is -2.46. The Balaban J connectivity index is 2.23. The van der Waals surface area contributed by atoms with Gasteiger partial charge in [0, 0.05) is 24.0 Å². The molecule has 9 nitrogen and oxygen atoms in total. The van der Waals surface area contributed by atoms with Crippen LogP contribution in [0.15, 0.2) is 41.5 Å². The second kappa shape index (κ2) is 12.8. The van der Waals surface area contributed by atoms with Crippen molar-refractivity contribution in [2.45, 2.75) is 52.4 Å². The molecule has 0 fully saturated rings. The molecule has 2 rings (SSSR count). The number of carbonyl (C=O) groups is 3. The number of aromatic hydroxyl groups is 2. The number of rotatable bonds is 11. The van der Waals surface area contributed by atoms with Gasteiger partial charge in [-0.2, -0.15) is 5.10 Å². The number of nitrogens with zero attached hydrogens (tertiary/aromatic N) is 1. The summed E-state index contributed by atoms with van der Waals surface area (Å²) >= 11 is 0. The van der Waals surface area contributed by atoms with Crippen LogP contribution in [0.3, 0.4) is 0 Å². The normalized spacial score (nSPS) is 10.7. The number of benzene rings is 2. The first-order valence-electron chi connectivity index (χ1n) is 10.7. The molecule has 2 aromatic rings. The molecule has 0 aliphatic rings. The van der Waals surface area contributed by atoms with E-state index in [4.69, 9.17) is 9.47 Å². The summed E-state index contributed by atoms with van der Waals surface area (Å²) in [7, 11) is 0. The molecule has 0 saturated heterocycles. The molecule has 0 bridgehead atoms. The second-order valence-corrected chi connectivity index (χ2v) is 7.23. The summed E-state index contributed by atoms with van der Waals surface area (Å²) in [6.07, 6.45) is 4.38. The highest BCUT2D eigenvalue weighted by Crippen LogP contribution is 2.39. The van der Waals surface area contributed by atoms with Gasteiger partial charge in [-0.25, -0.2) is 5.43 Å². The van der Waals surface area contributed by atoms with Crippen molar-refractivity contribution >= 4 is 24.1 Å². The molecule has 176 valence electrons. The van der Waals surface area contributed by atoms with E-state index in [0.717, 1.165) is 12.8 Å². The number of hydrazone groups is 1. The number of esters is 2. The van der Waals surface area contributed by atoms with Crippen molar-refractivity contribution in [3.05, 3.63) is 47.5 Å². The summed E-state index contributed by atoms with van der Waals surface area (Å²) in [6.45, 7) is 3.86. The molecule has 0 saturated carbocycles. The van der Waals surface area contributed by atoms with Crippen LogP contribution < -0.4 is 14.9 Å². The van der Waals surface area contributed by atoms with Crippen LogP contribution in [0.4, 0.5) is 0 Å². The number of phenols is 2.